The number of thiazole rings is 1. The van der Waals surface area contributed by atoms with Crippen LogP contribution in [-0.4, -0.2) is 25.3 Å². The zero-order chi connectivity index (χ0) is 20.7. The van der Waals surface area contributed by atoms with Crippen LogP contribution in [0.5, 0.6) is 0 Å². The molecule has 0 saturated carbocycles. The number of H-pyrrole nitrogens is 1. The predicted molar refractivity (Wildman–Crippen MR) is 115 cm³/mol. The monoisotopic (exact) mass is 419 g/mol. The summed E-state index contributed by atoms with van der Waals surface area (Å²) >= 11 is 1.35. The van der Waals surface area contributed by atoms with E-state index in [1.165, 1.54) is 11.3 Å². The number of imidazole rings is 1. The van der Waals surface area contributed by atoms with Gasteiger partial charge in [-0.15, -0.1) is 11.3 Å². The molecule has 4 heterocycles. The van der Waals surface area contributed by atoms with Crippen molar-refractivity contribution in [2.45, 2.75) is 19.8 Å². The van der Waals surface area contributed by atoms with Gasteiger partial charge in [-0.2, -0.15) is 0 Å². The molecule has 0 saturated heterocycles. The Balaban J connectivity index is 1.28. The van der Waals surface area contributed by atoms with E-state index in [1.54, 1.807) is 12.1 Å². The number of fused-ring (bicyclic) bond motifs is 2. The summed E-state index contributed by atoms with van der Waals surface area (Å²) in [6, 6.07) is 11.2. The van der Waals surface area contributed by atoms with Gasteiger partial charge in [0.05, 0.1) is 16.9 Å². The highest BCUT2D eigenvalue weighted by Gasteiger charge is 2.13. The molecule has 1 amide bonds. The van der Waals surface area contributed by atoms with Gasteiger partial charge in [0.15, 0.2) is 10.7 Å². The van der Waals surface area contributed by atoms with Crippen molar-refractivity contribution in [3.63, 3.8) is 0 Å². The second-order valence-electron chi connectivity index (χ2n) is 6.88. The normalized spacial score (nSPS) is 11.4. The summed E-state index contributed by atoms with van der Waals surface area (Å²) in [5.41, 5.74) is 5.46. The van der Waals surface area contributed by atoms with E-state index in [1.807, 2.05) is 47.2 Å². The van der Waals surface area contributed by atoms with Crippen molar-refractivity contribution in [1.82, 2.24) is 19.4 Å². The fraction of sp³-hybridized carbons (Fsp3) is 0.143. The zero-order valence-electron chi connectivity index (χ0n) is 16.0. The van der Waals surface area contributed by atoms with Crippen LogP contribution in [-0.2, 0) is 11.2 Å². The van der Waals surface area contributed by atoms with Gasteiger partial charge in [-0.1, -0.05) is 12.1 Å². The molecule has 1 aromatic carbocycles. The average molecular weight is 419 g/mol. The van der Waals surface area contributed by atoms with Crippen LogP contribution in [0.1, 0.15) is 17.8 Å². The van der Waals surface area contributed by atoms with E-state index in [4.69, 9.17) is 4.42 Å². The molecule has 5 aromatic rings. The van der Waals surface area contributed by atoms with E-state index in [0.29, 0.717) is 34.8 Å². The summed E-state index contributed by atoms with van der Waals surface area (Å²) in [5.74, 6) is -0.595. The first-order valence-corrected chi connectivity index (χ1v) is 10.3. The maximum Gasteiger partial charge on any atom is 0.417 e. The fourth-order valence-corrected chi connectivity index (χ4v) is 4.18. The molecule has 2 N–H and O–H groups in total. The molecule has 0 aliphatic rings. The van der Waals surface area contributed by atoms with Crippen molar-refractivity contribution in [2.24, 2.45) is 0 Å². The third kappa shape index (κ3) is 3.39. The molecule has 0 aliphatic carbocycles. The molecule has 0 fully saturated rings. The Kier molecular flexibility index (Phi) is 4.44. The van der Waals surface area contributed by atoms with E-state index in [9.17, 15) is 9.59 Å². The third-order valence-electron chi connectivity index (χ3n) is 4.89. The van der Waals surface area contributed by atoms with Gasteiger partial charge in [-0.25, -0.2) is 14.8 Å². The third-order valence-corrected chi connectivity index (χ3v) is 5.64. The number of nitrogens with zero attached hydrogens (tertiary/aromatic N) is 3. The van der Waals surface area contributed by atoms with Crippen molar-refractivity contribution in [3.8, 4) is 11.3 Å². The molecule has 0 atom stereocenters. The molecule has 9 heteroatoms. The summed E-state index contributed by atoms with van der Waals surface area (Å²) < 4.78 is 7.11. The van der Waals surface area contributed by atoms with E-state index in [2.05, 4.69) is 20.3 Å². The lowest BCUT2D eigenvalue weighted by Crippen LogP contribution is -2.13. The number of benzene rings is 1. The molecule has 150 valence electrons. The number of aromatic amines is 1. The highest BCUT2D eigenvalue weighted by atomic mass is 32.1. The van der Waals surface area contributed by atoms with Crippen LogP contribution >= 0.6 is 11.3 Å². The number of amides is 1. The van der Waals surface area contributed by atoms with Gasteiger partial charge in [-0.05, 0) is 37.6 Å². The highest BCUT2D eigenvalue weighted by molar-refractivity contribution is 7.14. The second kappa shape index (κ2) is 7.27. The molecule has 30 heavy (non-hydrogen) atoms. The Morgan fingerprint density at radius 3 is 3.07 bits per heavy atom. The van der Waals surface area contributed by atoms with Gasteiger partial charge in [0.1, 0.15) is 5.65 Å². The summed E-state index contributed by atoms with van der Waals surface area (Å²) in [6.07, 6.45) is 2.88. The Morgan fingerprint density at radius 2 is 2.17 bits per heavy atom. The SMILES string of the molecule is Cc1nc2ccccn2c1CCC(=O)Nc1nc(-c2ccc3[nH]c(=O)oc3c2)cs1. The van der Waals surface area contributed by atoms with Crippen molar-refractivity contribution < 1.29 is 9.21 Å². The van der Waals surface area contributed by atoms with Crippen LogP contribution in [0.2, 0.25) is 0 Å². The maximum absolute atomic E-state index is 12.5. The number of nitrogens with one attached hydrogen (secondary N) is 2. The Morgan fingerprint density at radius 1 is 1.27 bits per heavy atom. The maximum atomic E-state index is 12.5. The number of oxazole rings is 1. The van der Waals surface area contributed by atoms with Gasteiger partial charge in [0.2, 0.25) is 5.91 Å². The first kappa shape index (κ1) is 18.3. The van der Waals surface area contributed by atoms with E-state index in [0.717, 1.165) is 22.6 Å². The minimum absolute atomic E-state index is 0.103. The molecule has 4 aromatic heterocycles. The lowest BCUT2D eigenvalue weighted by molar-refractivity contribution is -0.116. The lowest BCUT2D eigenvalue weighted by atomic mass is 10.1. The van der Waals surface area contributed by atoms with Crippen molar-refractivity contribution in [2.75, 3.05) is 5.32 Å². The van der Waals surface area contributed by atoms with Crippen molar-refractivity contribution in [3.05, 3.63) is 69.9 Å². The quantitative estimate of drug-likeness (QED) is 0.451. The number of rotatable bonds is 5. The van der Waals surface area contributed by atoms with Gasteiger partial charge in [0, 0.05) is 29.3 Å². The smallest absolute Gasteiger partial charge is 0.408 e. The lowest BCUT2D eigenvalue weighted by Gasteiger charge is -2.04. The summed E-state index contributed by atoms with van der Waals surface area (Å²) in [5, 5.41) is 5.25. The molecule has 0 aliphatic heterocycles. The van der Waals surface area contributed by atoms with Gasteiger partial charge < -0.3 is 14.1 Å². The molecule has 0 radical (unpaired) electrons. The van der Waals surface area contributed by atoms with Gasteiger partial charge >= 0.3 is 5.76 Å². The second-order valence-corrected chi connectivity index (χ2v) is 7.74. The molecular formula is C21H17N5O3S. The summed E-state index contributed by atoms with van der Waals surface area (Å²) in [7, 11) is 0. The van der Waals surface area contributed by atoms with Crippen LogP contribution < -0.4 is 11.1 Å². The topological polar surface area (TPSA) is 105 Å². The highest BCUT2D eigenvalue weighted by Crippen LogP contribution is 2.27. The van der Waals surface area contributed by atoms with Gasteiger partial charge in [-0.3, -0.25) is 9.78 Å². The molecule has 0 unspecified atom stereocenters. The molecule has 8 nitrogen and oxygen atoms in total. The fourth-order valence-electron chi connectivity index (χ4n) is 3.45. The number of aryl methyl sites for hydroxylation is 2. The van der Waals surface area contributed by atoms with Crippen LogP contribution in [0, 0.1) is 6.92 Å². The summed E-state index contributed by atoms with van der Waals surface area (Å²) in [4.78, 5) is 35.4. The standard InChI is InChI=1S/C21H17N5O3S/c1-12-16(26-9-3-2-4-18(26)22-12)7-8-19(27)25-20-23-15(11-30-20)13-5-6-14-17(10-13)29-21(28)24-14/h2-6,9-11H,7-8H2,1H3,(H,24,28)(H,23,25,27). The van der Waals surface area contributed by atoms with E-state index in [-0.39, 0.29) is 5.91 Å². The van der Waals surface area contributed by atoms with Crippen LogP contribution in [0.25, 0.3) is 28.0 Å². The summed E-state index contributed by atoms with van der Waals surface area (Å²) in [6.45, 7) is 1.96. The average Bonchev–Trinajstić information content (AvgIpc) is 3.41. The Hall–Kier alpha value is -3.72. The zero-order valence-corrected chi connectivity index (χ0v) is 16.8. The van der Waals surface area contributed by atoms with Crippen LogP contribution in [0.4, 0.5) is 5.13 Å². The molecule has 0 bridgehead atoms. The largest absolute Gasteiger partial charge is 0.417 e. The van der Waals surface area contributed by atoms with E-state index >= 15 is 0 Å². The number of hydrogen-bond acceptors (Lipinski definition) is 6. The number of pyridine rings is 1. The number of carbonyl (C=O) groups excluding carboxylic acids is 1. The van der Waals surface area contributed by atoms with Crippen molar-refractivity contribution in [1.29, 1.82) is 0 Å². The van der Waals surface area contributed by atoms with Crippen LogP contribution in [0.3, 0.4) is 0 Å². The molecule has 0 spiro atoms. The molecule has 5 rings (SSSR count). The van der Waals surface area contributed by atoms with E-state index < -0.39 is 5.76 Å². The Labute approximate surface area is 174 Å². The van der Waals surface area contributed by atoms with Gasteiger partial charge in [0.25, 0.3) is 0 Å². The van der Waals surface area contributed by atoms with Crippen molar-refractivity contribution >= 4 is 39.1 Å². The number of carbonyl (C=O) groups is 1. The molecular weight excluding hydrogens is 402 g/mol. The van der Waals surface area contributed by atoms with Crippen LogP contribution in [0.15, 0.2) is 57.2 Å². The Bertz CT molecular complexity index is 1440. The predicted octanol–water partition coefficient (Wildman–Crippen LogP) is 3.77. The number of anilines is 1. The number of aromatic nitrogens is 4. The number of hydrogen-bond donors (Lipinski definition) is 2. The minimum atomic E-state index is -0.491. The minimum Gasteiger partial charge on any atom is -0.408 e. The first-order chi connectivity index (χ1) is 14.6. The first-order valence-electron chi connectivity index (χ1n) is 9.38.